The molecule has 0 N–H and O–H groups in total. The fourth-order valence-electron chi connectivity index (χ4n) is 3.68. The van der Waals surface area contributed by atoms with Gasteiger partial charge in [-0.3, -0.25) is 4.99 Å². The van der Waals surface area contributed by atoms with Crippen LogP contribution in [0.4, 0.5) is 5.69 Å². The molecule has 0 aliphatic rings. The molecular formula is C26H31ClN2. The van der Waals surface area contributed by atoms with E-state index in [4.69, 9.17) is 11.6 Å². The van der Waals surface area contributed by atoms with Gasteiger partial charge in [0.2, 0.25) is 0 Å². The molecule has 0 saturated carbocycles. The van der Waals surface area contributed by atoms with Gasteiger partial charge >= 0.3 is 0 Å². The molecule has 2 aromatic rings. The average molecular weight is 407 g/mol. The topological polar surface area (TPSA) is 15.6 Å². The highest BCUT2D eigenvalue weighted by Gasteiger charge is 2.20. The van der Waals surface area contributed by atoms with Crippen molar-refractivity contribution in [2.24, 2.45) is 4.99 Å². The molecular weight excluding hydrogens is 376 g/mol. The summed E-state index contributed by atoms with van der Waals surface area (Å²) in [7, 11) is 5.85. The van der Waals surface area contributed by atoms with Crippen molar-refractivity contribution in [3.8, 4) is 0 Å². The molecule has 2 nitrogen and oxygen atoms in total. The van der Waals surface area contributed by atoms with Crippen molar-refractivity contribution in [3.63, 3.8) is 0 Å². The zero-order valence-corrected chi connectivity index (χ0v) is 19.4. The summed E-state index contributed by atoms with van der Waals surface area (Å²) in [4.78, 5) is 6.36. The molecule has 0 spiro atoms. The quantitative estimate of drug-likeness (QED) is 0.365. The summed E-state index contributed by atoms with van der Waals surface area (Å²) >= 11 is 6.84. The van der Waals surface area contributed by atoms with E-state index >= 15 is 0 Å². The first-order valence-corrected chi connectivity index (χ1v) is 10.0. The summed E-state index contributed by atoms with van der Waals surface area (Å²) in [5.41, 5.74) is 10.6. The van der Waals surface area contributed by atoms with Crippen LogP contribution >= 0.6 is 11.6 Å². The molecule has 0 bridgehead atoms. The van der Waals surface area contributed by atoms with E-state index in [9.17, 15) is 0 Å². The zero-order valence-electron chi connectivity index (χ0n) is 18.7. The molecule has 0 unspecified atom stereocenters. The molecule has 2 aromatic carbocycles. The highest BCUT2D eigenvalue weighted by atomic mass is 35.5. The molecule has 2 rings (SSSR count). The van der Waals surface area contributed by atoms with Crippen LogP contribution < -0.4 is 4.90 Å². The lowest BCUT2D eigenvalue weighted by molar-refractivity contribution is 1.13. The van der Waals surface area contributed by atoms with Crippen LogP contribution in [0.2, 0.25) is 5.02 Å². The van der Waals surface area contributed by atoms with Gasteiger partial charge in [0.15, 0.2) is 0 Å². The van der Waals surface area contributed by atoms with E-state index in [0.717, 1.165) is 60.8 Å². The lowest BCUT2D eigenvalue weighted by Crippen LogP contribution is -2.10. The fourth-order valence-corrected chi connectivity index (χ4v) is 3.93. The summed E-state index contributed by atoms with van der Waals surface area (Å²) in [6.07, 6.45) is 3.77. The Kier molecular flexibility index (Phi) is 7.26. The predicted octanol–water partition coefficient (Wildman–Crippen LogP) is 7.22. The van der Waals surface area contributed by atoms with E-state index in [-0.39, 0.29) is 0 Å². The van der Waals surface area contributed by atoms with Crippen LogP contribution in [0.5, 0.6) is 0 Å². The maximum absolute atomic E-state index is 6.84. The first kappa shape index (κ1) is 22.7. The predicted molar refractivity (Wildman–Crippen MR) is 133 cm³/mol. The van der Waals surface area contributed by atoms with Crippen molar-refractivity contribution in [3.05, 3.63) is 81.4 Å². The average Bonchev–Trinajstić information content (AvgIpc) is 2.67. The minimum absolute atomic E-state index is 0.747. The third-order valence-corrected chi connectivity index (χ3v) is 5.57. The largest absolute Gasteiger partial charge is 0.377 e. The second-order valence-corrected chi connectivity index (χ2v) is 8.10. The van der Waals surface area contributed by atoms with E-state index in [1.165, 1.54) is 0 Å². The lowest BCUT2D eigenvalue weighted by atomic mass is 9.85. The molecule has 0 radical (unpaired) electrons. The van der Waals surface area contributed by atoms with E-state index in [1.807, 2.05) is 33.3 Å². The van der Waals surface area contributed by atoms with Gasteiger partial charge in [0.1, 0.15) is 0 Å². The third-order valence-electron chi connectivity index (χ3n) is 5.08. The van der Waals surface area contributed by atoms with Gasteiger partial charge in [0, 0.05) is 44.2 Å². The maximum Gasteiger partial charge on any atom is 0.0520 e. The van der Waals surface area contributed by atoms with Crippen molar-refractivity contribution in [1.29, 1.82) is 0 Å². The van der Waals surface area contributed by atoms with Gasteiger partial charge < -0.3 is 4.90 Å². The van der Waals surface area contributed by atoms with Crippen LogP contribution in [-0.2, 0) is 0 Å². The number of benzene rings is 2. The van der Waals surface area contributed by atoms with Crippen LogP contribution in [0.25, 0.3) is 17.2 Å². The Morgan fingerprint density at radius 3 is 2.28 bits per heavy atom. The molecule has 3 heteroatoms. The van der Waals surface area contributed by atoms with E-state index in [1.54, 1.807) is 7.05 Å². The highest BCUT2D eigenvalue weighted by Crippen LogP contribution is 2.41. The minimum atomic E-state index is 0.747. The van der Waals surface area contributed by atoms with E-state index in [0.29, 0.717) is 0 Å². The molecule has 0 aromatic heterocycles. The molecule has 0 heterocycles. The molecule has 0 aliphatic heterocycles. The number of rotatable bonds is 6. The fraction of sp³-hybridized carbons (Fsp3) is 0.269. The number of allylic oxidation sites excluding steroid dienone is 3. The molecule has 0 saturated heterocycles. The summed E-state index contributed by atoms with van der Waals surface area (Å²) in [6.45, 7) is 16.8. The lowest BCUT2D eigenvalue weighted by Gasteiger charge is -2.22. The molecule has 0 aliphatic carbocycles. The van der Waals surface area contributed by atoms with Crippen molar-refractivity contribution in [1.82, 2.24) is 0 Å². The summed E-state index contributed by atoms with van der Waals surface area (Å²) < 4.78 is 0. The number of hydrogen-bond donors (Lipinski definition) is 0. The number of aliphatic imine (C=N–C) groups is 1. The molecule has 0 fully saturated rings. The highest BCUT2D eigenvalue weighted by molar-refractivity contribution is 6.35. The summed E-state index contributed by atoms with van der Waals surface area (Å²) in [5, 5.41) is 0.747. The van der Waals surface area contributed by atoms with Crippen molar-refractivity contribution in [2.75, 3.05) is 26.0 Å². The Balaban J connectivity index is 2.77. The van der Waals surface area contributed by atoms with Gasteiger partial charge in [0.05, 0.1) is 5.02 Å². The Morgan fingerprint density at radius 1 is 1.10 bits per heavy atom. The summed E-state index contributed by atoms with van der Waals surface area (Å²) in [6, 6.07) is 8.46. The van der Waals surface area contributed by atoms with Gasteiger partial charge in [-0.2, -0.15) is 0 Å². The second kappa shape index (κ2) is 9.28. The number of halogens is 1. The Labute approximate surface area is 180 Å². The van der Waals surface area contributed by atoms with E-state index < -0.39 is 0 Å². The Hall–Kier alpha value is -2.58. The van der Waals surface area contributed by atoms with Crippen LogP contribution in [0.15, 0.2) is 48.0 Å². The number of aryl methyl sites for hydroxylation is 2. The minimum Gasteiger partial charge on any atom is -0.377 e. The van der Waals surface area contributed by atoms with Crippen molar-refractivity contribution >= 4 is 40.7 Å². The number of anilines is 1. The van der Waals surface area contributed by atoms with Gasteiger partial charge in [-0.15, -0.1) is 0 Å². The maximum atomic E-state index is 6.84. The number of hydrogen-bond acceptors (Lipinski definition) is 2. The SMILES string of the molecule is C=Cc1cc(C(=C)C(=C(C)C)c2c(Cl)c(C)cc(C)c2C=NC)ccc1N(C)C. The third kappa shape index (κ3) is 4.54. The van der Waals surface area contributed by atoms with Crippen molar-refractivity contribution < 1.29 is 0 Å². The first-order valence-electron chi connectivity index (χ1n) is 9.67. The normalized spacial score (nSPS) is 10.9. The second-order valence-electron chi connectivity index (χ2n) is 7.73. The van der Waals surface area contributed by atoms with Crippen LogP contribution in [0, 0.1) is 13.8 Å². The summed E-state index contributed by atoms with van der Waals surface area (Å²) in [5.74, 6) is 0. The van der Waals surface area contributed by atoms with Crippen molar-refractivity contribution in [2.45, 2.75) is 27.7 Å². The molecule has 152 valence electrons. The van der Waals surface area contributed by atoms with Crippen LogP contribution in [-0.4, -0.2) is 27.4 Å². The molecule has 0 amide bonds. The monoisotopic (exact) mass is 406 g/mol. The van der Waals surface area contributed by atoms with Gasteiger partial charge in [-0.25, -0.2) is 0 Å². The van der Waals surface area contributed by atoms with Gasteiger partial charge in [-0.05, 0) is 73.2 Å². The van der Waals surface area contributed by atoms with Gasteiger partial charge in [-0.1, -0.05) is 48.5 Å². The molecule has 0 atom stereocenters. The van der Waals surface area contributed by atoms with Gasteiger partial charge in [0.25, 0.3) is 0 Å². The Bertz CT molecular complexity index is 1020. The first-order chi connectivity index (χ1) is 13.6. The smallest absolute Gasteiger partial charge is 0.0520 e. The number of nitrogens with zero attached hydrogens (tertiary/aromatic N) is 2. The molecule has 29 heavy (non-hydrogen) atoms. The van der Waals surface area contributed by atoms with E-state index in [2.05, 4.69) is 68.1 Å². The standard InChI is InChI=1S/C26H31ClN2/c1-10-20-14-21(11-12-23(20)29(8)9)19(6)24(16(2)3)25-22(15-28-7)17(4)13-18(5)26(25)27/h10-15H,1,6H2,2-5,7-9H3. The zero-order chi connectivity index (χ0) is 21.9. The van der Waals surface area contributed by atoms with Crippen LogP contribution in [0.3, 0.4) is 0 Å². The Morgan fingerprint density at radius 2 is 1.76 bits per heavy atom. The van der Waals surface area contributed by atoms with Crippen LogP contribution in [0.1, 0.15) is 47.2 Å².